The number of aryl methyl sites for hydroxylation is 1. The molecule has 146 valence electrons. The van der Waals surface area contributed by atoms with Crippen molar-refractivity contribution in [2.24, 2.45) is 13.0 Å². The van der Waals surface area contributed by atoms with E-state index in [4.69, 9.17) is 4.74 Å². The molecular weight excluding hydrogens is 332 g/mol. The van der Waals surface area contributed by atoms with E-state index in [0.29, 0.717) is 25.5 Å². The molecule has 0 unspecified atom stereocenters. The smallest absolute Gasteiger partial charge is 0.293 e. The Labute approximate surface area is 155 Å². The van der Waals surface area contributed by atoms with Gasteiger partial charge in [0.25, 0.3) is 5.56 Å². The Morgan fingerprint density at radius 3 is 2.88 bits per heavy atom. The third-order valence-corrected chi connectivity index (χ3v) is 5.78. The summed E-state index contributed by atoms with van der Waals surface area (Å²) in [6.07, 6.45) is 7.29. The van der Waals surface area contributed by atoms with Gasteiger partial charge >= 0.3 is 0 Å². The summed E-state index contributed by atoms with van der Waals surface area (Å²) >= 11 is 0. The number of aliphatic hydroxyl groups is 1. The lowest BCUT2D eigenvalue weighted by Crippen LogP contribution is -2.53. The van der Waals surface area contributed by atoms with Crippen molar-refractivity contribution < 1.29 is 9.84 Å². The van der Waals surface area contributed by atoms with Crippen LogP contribution in [-0.2, 0) is 11.8 Å². The molecule has 1 saturated heterocycles. The fourth-order valence-corrected chi connectivity index (χ4v) is 4.05. The summed E-state index contributed by atoms with van der Waals surface area (Å²) in [6.45, 7) is 5.87. The molecule has 0 radical (unpaired) electrons. The van der Waals surface area contributed by atoms with Gasteiger partial charge in [-0.15, -0.1) is 0 Å². The predicted octanol–water partition coefficient (Wildman–Crippen LogP) is 0.859. The summed E-state index contributed by atoms with van der Waals surface area (Å²) in [7, 11) is 3.61. The van der Waals surface area contributed by atoms with E-state index in [1.54, 1.807) is 19.4 Å². The molecule has 26 heavy (non-hydrogen) atoms. The van der Waals surface area contributed by atoms with E-state index in [9.17, 15) is 9.90 Å². The molecule has 0 aromatic carbocycles. The number of β-amino-alcohol motifs (C(OH)–C–C–N with tert-alkyl or cyclic N) is 1. The highest BCUT2D eigenvalue weighted by molar-refractivity contribution is 5.34. The van der Waals surface area contributed by atoms with Crippen LogP contribution in [0.5, 0.6) is 0 Å². The van der Waals surface area contributed by atoms with Crippen molar-refractivity contribution in [1.82, 2.24) is 14.5 Å². The number of hydrogen-bond donors (Lipinski definition) is 1. The molecule has 0 spiro atoms. The lowest BCUT2D eigenvalue weighted by molar-refractivity contribution is -0.0768. The van der Waals surface area contributed by atoms with Crippen LogP contribution in [0.3, 0.4) is 0 Å². The maximum atomic E-state index is 12.2. The Morgan fingerprint density at radius 2 is 2.15 bits per heavy atom. The highest BCUT2D eigenvalue weighted by atomic mass is 16.5. The van der Waals surface area contributed by atoms with Crippen molar-refractivity contribution in [3.8, 4) is 0 Å². The fourth-order valence-electron chi connectivity index (χ4n) is 4.05. The Morgan fingerprint density at radius 1 is 1.42 bits per heavy atom. The van der Waals surface area contributed by atoms with Gasteiger partial charge in [-0.2, -0.15) is 0 Å². The zero-order valence-electron chi connectivity index (χ0n) is 16.2. The molecule has 2 aliphatic rings. The molecule has 2 heterocycles. The third kappa shape index (κ3) is 4.64. The summed E-state index contributed by atoms with van der Waals surface area (Å²) in [4.78, 5) is 20.6. The van der Waals surface area contributed by atoms with Gasteiger partial charge in [0.15, 0.2) is 5.82 Å². The minimum absolute atomic E-state index is 0.00609. The second kappa shape index (κ2) is 8.06. The first-order valence-electron chi connectivity index (χ1n) is 9.65. The van der Waals surface area contributed by atoms with Crippen LogP contribution in [0.15, 0.2) is 17.2 Å². The molecule has 1 aliphatic carbocycles. The maximum Gasteiger partial charge on any atom is 0.293 e. The van der Waals surface area contributed by atoms with Crippen LogP contribution in [0.4, 0.5) is 5.82 Å². The molecule has 3 rings (SSSR count). The van der Waals surface area contributed by atoms with E-state index in [0.717, 1.165) is 44.7 Å². The molecule has 7 heteroatoms. The zero-order chi connectivity index (χ0) is 18.7. The molecule has 0 bridgehead atoms. The lowest BCUT2D eigenvalue weighted by atomic mass is 9.79. The van der Waals surface area contributed by atoms with Gasteiger partial charge in [-0.25, -0.2) is 4.98 Å². The SMILES string of the molecule is CC1CCC(O)(CN2CCO[C@H](CN(C)c3nccn(C)c3=O)C2)CC1. The summed E-state index contributed by atoms with van der Waals surface area (Å²) in [5.74, 6) is 1.16. The first-order chi connectivity index (χ1) is 12.4. The Bertz CT molecular complexity index is 654. The number of morpholine rings is 1. The zero-order valence-corrected chi connectivity index (χ0v) is 16.2. The van der Waals surface area contributed by atoms with E-state index in [-0.39, 0.29) is 11.7 Å². The summed E-state index contributed by atoms with van der Waals surface area (Å²) in [5.41, 5.74) is -0.662. The fraction of sp³-hybridized carbons (Fsp3) is 0.789. The molecule has 1 saturated carbocycles. The molecule has 1 N–H and O–H groups in total. The Hall–Kier alpha value is -1.44. The van der Waals surface area contributed by atoms with E-state index in [2.05, 4.69) is 16.8 Å². The molecule has 1 aliphatic heterocycles. The number of anilines is 1. The highest BCUT2D eigenvalue weighted by Crippen LogP contribution is 2.32. The van der Waals surface area contributed by atoms with Crippen molar-refractivity contribution in [3.05, 3.63) is 22.7 Å². The second-order valence-electron chi connectivity index (χ2n) is 8.18. The maximum absolute atomic E-state index is 12.2. The predicted molar refractivity (Wildman–Crippen MR) is 102 cm³/mol. The molecule has 2 fully saturated rings. The van der Waals surface area contributed by atoms with E-state index in [1.165, 1.54) is 4.57 Å². The van der Waals surface area contributed by atoms with Crippen LogP contribution in [0.2, 0.25) is 0 Å². The average Bonchev–Trinajstić information content (AvgIpc) is 2.60. The van der Waals surface area contributed by atoms with Crippen LogP contribution in [-0.4, -0.2) is 71.1 Å². The summed E-state index contributed by atoms with van der Waals surface area (Å²) in [6, 6.07) is 0. The highest BCUT2D eigenvalue weighted by Gasteiger charge is 2.35. The van der Waals surface area contributed by atoms with Gasteiger partial charge in [0.05, 0.1) is 18.3 Å². The summed E-state index contributed by atoms with van der Waals surface area (Å²) in [5, 5.41) is 10.9. The number of hydrogen-bond acceptors (Lipinski definition) is 6. The van der Waals surface area contributed by atoms with Crippen LogP contribution in [0.1, 0.15) is 32.6 Å². The minimum Gasteiger partial charge on any atom is -0.389 e. The molecule has 1 atom stereocenters. The molecule has 1 aromatic heterocycles. The number of rotatable bonds is 5. The van der Waals surface area contributed by atoms with Gasteiger partial charge in [0.2, 0.25) is 0 Å². The van der Waals surface area contributed by atoms with Crippen molar-refractivity contribution in [2.75, 3.05) is 44.7 Å². The van der Waals surface area contributed by atoms with Gasteiger partial charge in [-0.1, -0.05) is 6.92 Å². The number of nitrogens with zero attached hydrogens (tertiary/aromatic N) is 4. The topological polar surface area (TPSA) is 70.8 Å². The van der Waals surface area contributed by atoms with Crippen molar-refractivity contribution >= 4 is 5.82 Å². The Balaban J connectivity index is 1.56. The molecule has 7 nitrogen and oxygen atoms in total. The van der Waals surface area contributed by atoms with Crippen molar-refractivity contribution in [1.29, 1.82) is 0 Å². The van der Waals surface area contributed by atoms with Gasteiger partial charge in [0.1, 0.15) is 0 Å². The first kappa shape index (κ1) is 19.3. The average molecular weight is 364 g/mol. The van der Waals surface area contributed by atoms with E-state index < -0.39 is 5.60 Å². The first-order valence-corrected chi connectivity index (χ1v) is 9.65. The molecule has 0 amide bonds. The van der Waals surface area contributed by atoms with Crippen LogP contribution < -0.4 is 10.5 Å². The third-order valence-electron chi connectivity index (χ3n) is 5.78. The summed E-state index contributed by atoms with van der Waals surface area (Å²) < 4.78 is 7.44. The van der Waals surface area contributed by atoms with Crippen LogP contribution >= 0.6 is 0 Å². The molecule has 1 aromatic rings. The van der Waals surface area contributed by atoms with E-state index >= 15 is 0 Å². The lowest BCUT2D eigenvalue weighted by Gasteiger charge is -2.42. The van der Waals surface area contributed by atoms with Crippen molar-refractivity contribution in [3.63, 3.8) is 0 Å². The van der Waals surface area contributed by atoms with E-state index in [1.807, 2.05) is 11.9 Å². The van der Waals surface area contributed by atoms with Crippen molar-refractivity contribution in [2.45, 2.75) is 44.3 Å². The van der Waals surface area contributed by atoms with Gasteiger partial charge in [0, 0.05) is 52.7 Å². The number of aromatic nitrogens is 2. The second-order valence-corrected chi connectivity index (χ2v) is 8.18. The quantitative estimate of drug-likeness (QED) is 0.836. The van der Waals surface area contributed by atoms with Gasteiger partial charge in [-0.3, -0.25) is 9.69 Å². The molecular formula is C19H32N4O3. The van der Waals surface area contributed by atoms with Crippen LogP contribution in [0, 0.1) is 5.92 Å². The van der Waals surface area contributed by atoms with Gasteiger partial charge < -0.3 is 19.3 Å². The largest absolute Gasteiger partial charge is 0.389 e. The normalized spacial score (nSPS) is 30.3. The van der Waals surface area contributed by atoms with Gasteiger partial charge in [-0.05, 0) is 31.6 Å². The standard InChI is InChI=1S/C19H32N4O3/c1-15-4-6-19(25,7-5-15)14-23-10-11-26-16(13-23)12-22(3)17-18(24)21(2)9-8-20-17/h8-9,15-16,25H,4-7,10-14H2,1-3H3/t15?,16-,19?/m1/s1. The monoisotopic (exact) mass is 364 g/mol. The number of likely N-dealkylation sites (N-methyl/N-ethyl adjacent to an activating group) is 1. The minimum atomic E-state index is -0.558. The Kier molecular flexibility index (Phi) is 5.99. The van der Waals surface area contributed by atoms with Crippen LogP contribution in [0.25, 0.3) is 0 Å². The number of ether oxygens (including phenoxy) is 1.